The molecule has 0 unspecified atom stereocenters. The van der Waals surface area contributed by atoms with Gasteiger partial charge in [0.25, 0.3) is 0 Å². The molecule has 0 bridgehead atoms. The van der Waals surface area contributed by atoms with Gasteiger partial charge in [-0.15, -0.1) is 11.3 Å². The quantitative estimate of drug-likeness (QED) is 0.634. The van der Waals surface area contributed by atoms with Gasteiger partial charge in [0.05, 0.1) is 6.54 Å². The maximum Gasteiger partial charge on any atom is 0.145 e. The van der Waals surface area contributed by atoms with Crippen molar-refractivity contribution in [2.24, 2.45) is 5.84 Å². The van der Waals surface area contributed by atoms with Gasteiger partial charge in [0.2, 0.25) is 0 Å². The Bertz CT molecular complexity index is 592. The molecule has 21 heavy (non-hydrogen) atoms. The second-order valence-corrected chi connectivity index (χ2v) is 6.74. The van der Waals surface area contributed by atoms with E-state index < -0.39 is 0 Å². The van der Waals surface area contributed by atoms with Gasteiger partial charge in [-0.05, 0) is 24.3 Å². The first-order chi connectivity index (χ1) is 10.2. The molecular weight excluding hydrogens is 282 g/mol. The molecule has 2 aromatic rings. The standard InChI is InChI=1S/C15H21N5S/c1-10(2)15-17-13(19-16)8-14(18-15)20(11-5-6-11)9-12-4-3-7-21-12/h3-4,7-8,10-11H,5-6,9,16H2,1-2H3,(H,17,18,19). The molecule has 0 atom stereocenters. The number of nitrogens with two attached hydrogens (primary N) is 1. The van der Waals surface area contributed by atoms with E-state index in [-0.39, 0.29) is 5.92 Å². The first-order valence-corrected chi connectivity index (χ1v) is 8.20. The van der Waals surface area contributed by atoms with Crippen molar-refractivity contribution in [2.75, 3.05) is 10.3 Å². The summed E-state index contributed by atoms with van der Waals surface area (Å²) in [5, 5.41) is 2.12. The van der Waals surface area contributed by atoms with Crippen LogP contribution in [0.4, 0.5) is 11.6 Å². The second-order valence-electron chi connectivity index (χ2n) is 5.71. The molecule has 112 valence electrons. The van der Waals surface area contributed by atoms with Crippen molar-refractivity contribution >= 4 is 23.0 Å². The van der Waals surface area contributed by atoms with Gasteiger partial charge < -0.3 is 10.3 Å². The van der Waals surface area contributed by atoms with Crippen LogP contribution >= 0.6 is 11.3 Å². The van der Waals surface area contributed by atoms with E-state index >= 15 is 0 Å². The monoisotopic (exact) mass is 303 g/mol. The molecule has 1 aliphatic rings. The highest BCUT2D eigenvalue weighted by atomic mass is 32.1. The predicted octanol–water partition coefficient (Wildman–Crippen LogP) is 3.12. The van der Waals surface area contributed by atoms with E-state index in [1.165, 1.54) is 17.7 Å². The Morgan fingerprint density at radius 2 is 2.24 bits per heavy atom. The van der Waals surface area contributed by atoms with Crippen LogP contribution in [0.2, 0.25) is 0 Å². The van der Waals surface area contributed by atoms with Gasteiger partial charge in [-0.25, -0.2) is 15.8 Å². The largest absolute Gasteiger partial charge is 0.348 e. The van der Waals surface area contributed by atoms with Crippen molar-refractivity contribution in [3.8, 4) is 0 Å². The fourth-order valence-electron chi connectivity index (χ4n) is 2.29. The molecule has 1 aliphatic carbocycles. The summed E-state index contributed by atoms with van der Waals surface area (Å²) < 4.78 is 0. The maximum absolute atomic E-state index is 5.56. The number of anilines is 2. The lowest BCUT2D eigenvalue weighted by atomic mass is 10.2. The number of rotatable bonds is 6. The predicted molar refractivity (Wildman–Crippen MR) is 87.5 cm³/mol. The fraction of sp³-hybridized carbons (Fsp3) is 0.467. The number of hydrazine groups is 1. The summed E-state index contributed by atoms with van der Waals surface area (Å²) in [6.07, 6.45) is 2.47. The lowest BCUT2D eigenvalue weighted by Crippen LogP contribution is -2.26. The van der Waals surface area contributed by atoms with Crippen LogP contribution in [-0.2, 0) is 6.54 Å². The van der Waals surface area contributed by atoms with Crippen molar-refractivity contribution in [1.82, 2.24) is 9.97 Å². The Labute approximate surface area is 129 Å². The van der Waals surface area contributed by atoms with Gasteiger partial charge in [-0.2, -0.15) is 0 Å². The van der Waals surface area contributed by atoms with Crippen molar-refractivity contribution < 1.29 is 0 Å². The number of nitrogen functional groups attached to an aromatic ring is 1. The van der Waals surface area contributed by atoms with Crippen molar-refractivity contribution in [1.29, 1.82) is 0 Å². The molecule has 0 saturated heterocycles. The molecule has 0 spiro atoms. The van der Waals surface area contributed by atoms with Gasteiger partial charge in [-0.1, -0.05) is 19.9 Å². The summed E-state index contributed by atoms with van der Waals surface area (Å²) in [6, 6.07) is 6.80. The normalized spacial score (nSPS) is 14.5. The average Bonchev–Trinajstić information content (AvgIpc) is 3.20. The van der Waals surface area contributed by atoms with Crippen LogP contribution in [-0.4, -0.2) is 16.0 Å². The average molecular weight is 303 g/mol. The highest BCUT2D eigenvalue weighted by Gasteiger charge is 2.31. The van der Waals surface area contributed by atoms with E-state index in [1.807, 2.05) is 6.07 Å². The van der Waals surface area contributed by atoms with Gasteiger partial charge in [0, 0.05) is 22.9 Å². The molecule has 6 heteroatoms. The highest BCUT2D eigenvalue weighted by molar-refractivity contribution is 7.09. The zero-order chi connectivity index (χ0) is 14.8. The van der Waals surface area contributed by atoms with Crippen molar-refractivity contribution in [3.05, 3.63) is 34.3 Å². The van der Waals surface area contributed by atoms with E-state index in [9.17, 15) is 0 Å². The molecule has 0 aromatic carbocycles. The zero-order valence-electron chi connectivity index (χ0n) is 12.4. The molecule has 1 fully saturated rings. The summed E-state index contributed by atoms with van der Waals surface area (Å²) in [7, 11) is 0. The van der Waals surface area contributed by atoms with Crippen LogP contribution in [0.1, 0.15) is 43.3 Å². The topological polar surface area (TPSA) is 67.1 Å². The summed E-state index contributed by atoms with van der Waals surface area (Å²) >= 11 is 1.79. The molecule has 3 N–H and O–H groups in total. The molecule has 0 aliphatic heterocycles. The summed E-state index contributed by atoms with van der Waals surface area (Å²) in [6.45, 7) is 5.10. The zero-order valence-corrected chi connectivity index (χ0v) is 13.2. The molecule has 0 radical (unpaired) electrons. The number of nitrogens with one attached hydrogen (secondary N) is 1. The Hall–Kier alpha value is -1.66. The summed E-state index contributed by atoms with van der Waals surface area (Å²) in [5.41, 5.74) is 2.66. The van der Waals surface area contributed by atoms with E-state index in [0.29, 0.717) is 11.9 Å². The van der Waals surface area contributed by atoms with Gasteiger partial charge >= 0.3 is 0 Å². The molecule has 1 saturated carbocycles. The molecule has 5 nitrogen and oxygen atoms in total. The van der Waals surface area contributed by atoms with Gasteiger partial charge in [0.15, 0.2) is 0 Å². The van der Waals surface area contributed by atoms with Crippen LogP contribution in [0.25, 0.3) is 0 Å². The van der Waals surface area contributed by atoms with E-state index in [4.69, 9.17) is 10.8 Å². The Balaban J connectivity index is 1.92. The van der Waals surface area contributed by atoms with Crippen LogP contribution in [0.3, 0.4) is 0 Å². The van der Waals surface area contributed by atoms with Crippen LogP contribution in [0.15, 0.2) is 23.6 Å². The van der Waals surface area contributed by atoms with Crippen molar-refractivity contribution in [3.63, 3.8) is 0 Å². The third-order valence-electron chi connectivity index (χ3n) is 3.58. The lowest BCUT2D eigenvalue weighted by molar-refractivity contribution is 0.738. The molecular formula is C15H21N5S. The molecule has 2 aromatic heterocycles. The summed E-state index contributed by atoms with van der Waals surface area (Å²) in [5.74, 6) is 8.32. The minimum atomic E-state index is 0.278. The minimum absolute atomic E-state index is 0.278. The van der Waals surface area contributed by atoms with E-state index in [2.05, 4.69) is 46.7 Å². The summed E-state index contributed by atoms with van der Waals surface area (Å²) in [4.78, 5) is 12.9. The number of hydrogen-bond donors (Lipinski definition) is 2. The number of thiophene rings is 1. The SMILES string of the molecule is CC(C)c1nc(NN)cc(N(Cc2cccs2)C2CC2)n1. The Morgan fingerprint density at radius 1 is 1.43 bits per heavy atom. The Morgan fingerprint density at radius 3 is 2.81 bits per heavy atom. The van der Waals surface area contributed by atoms with Gasteiger partial charge in [-0.3, -0.25) is 0 Å². The first-order valence-electron chi connectivity index (χ1n) is 7.32. The lowest BCUT2D eigenvalue weighted by Gasteiger charge is -2.24. The van der Waals surface area contributed by atoms with E-state index in [0.717, 1.165) is 18.2 Å². The minimum Gasteiger partial charge on any atom is -0.348 e. The Kier molecular flexibility index (Phi) is 4.07. The third kappa shape index (κ3) is 3.33. The molecule has 0 amide bonds. The second kappa shape index (κ2) is 5.99. The van der Waals surface area contributed by atoms with Crippen LogP contribution < -0.4 is 16.2 Å². The smallest absolute Gasteiger partial charge is 0.145 e. The van der Waals surface area contributed by atoms with Gasteiger partial charge in [0.1, 0.15) is 17.5 Å². The first kappa shape index (κ1) is 14.3. The molecule has 3 rings (SSSR count). The fourth-order valence-corrected chi connectivity index (χ4v) is 2.99. The third-order valence-corrected chi connectivity index (χ3v) is 4.44. The highest BCUT2D eigenvalue weighted by Crippen LogP contribution is 2.34. The number of aromatic nitrogens is 2. The molecule has 2 heterocycles. The maximum atomic E-state index is 5.56. The van der Waals surface area contributed by atoms with Crippen LogP contribution in [0, 0.1) is 0 Å². The number of hydrogen-bond acceptors (Lipinski definition) is 6. The van der Waals surface area contributed by atoms with Crippen molar-refractivity contribution in [2.45, 2.75) is 45.2 Å². The van der Waals surface area contributed by atoms with E-state index in [1.54, 1.807) is 11.3 Å². The number of nitrogens with zero attached hydrogens (tertiary/aromatic N) is 3. The van der Waals surface area contributed by atoms with Crippen LogP contribution in [0.5, 0.6) is 0 Å².